The second kappa shape index (κ2) is 8.92. The average Bonchev–Trinajstić information content (AvgIpc) is 3.02. The van der Waals surface area contributed by atoms with E-state index in [2.05, 4.69) is 0 Å². The van der Waals surface area contributed by atoms with Gasteiger partial charge in [0.15, 0.2) is 0 Å². The molecule has 2 aromatic rings. The standard InChI is InChI=1S/C23H25NO5/c1-4-15-8-10-16(11-9-15)21(25)19-20(17-6-5-7-18(14-17)29-3)24(12-13-28-2)23(27)22(19)26/h5-11,14,20,25H,4,12-13H2,1-3H3/b21-19-. The number of methoxy groups -OCH3 is 2. The number of aliphatic hydroxyl groups excluding tert-OH is 1. The molecule has 1 amide bonds. The van der Waals surface area contributed by atoms with E-state index in [1.807, 2.05) is 25.1 Å². The Labute approximate surface area is 170 Å². The van der Waals surface area contributed by atoms with E-state index in [4.69, 9.17) is 9.47 Å². The molecule has 0 bridgehead atoms. The third kappa shape index (κ3) is 4.03. The normalized spacial score (nSPS) is 18.3. The van der Waals surface area contributed by atoms with E-state index in [9.17, 15) is 14.7 Å². The average molecular weight is 395 g/mol. The lowest BCUT2D eigenvalue weighted by Crippen LogP contribution is -2.32. The van der Waals surface area contributed by atoms with Gasteiger partial charge in [-0.25, -0.2) is 0 Å². The number of ketones is 1. The van der Waals surface area contributed by atoms with E-state index in [0.717, 1.165) is 12.0 Å². The van der Waals surface area contributed by atoms with Crippen molar-refractivity contribution in [2.24, 2.45) is 0 Å². The summed E-state index contributed by atoms with van der Waals surface area (Å²) < 4.78 is 10.4. The largest absolute Gasteiger partial charge is 0.507 e. The fourth-order valence-corrected chi connectivity index (χ4v) is 3.51. The molecule has 1 aliphatic rings. The first-order valence-corrected chi connectivity index (χ1v) is 9.52. The van der Waals surface area contributed by atoms with Crippen molar-refractivity contribution in [1.29, 1.82) is 0 Å². The van der Waals surface area contributed by atoms with Gasteiger partial charge < -0.3 is 19.5 Å². The smallest absolute Gasteiger partial charge is 0.295 e. The Morgan fingerprint density at radius 1 is 1.10 bits per heavy atom. The van der Waals surface area contributed by atoms with Crippen molar-refractivity contribution in [3.8, 4) is 5.75 Å². The Kier molecular flexibility index (Phi) is 6.34. The molecule has 1 fully saturated rings. The SMILES string of the molecule is CCc1ccc(/C(O)=C2/C(=O)C(=O)N(CCOC)C2c2cccc(OC)c2)cc1. The minimum Gasteiger partial charge on any atom is -0.507 e. The number of carbonyl (C=O) groups is 2. The van der Waals surface area contributed by atoms with E-state index in [0.29, 0.717) is 16.9 Å². The molecular formula is C23H25NO5. The summed E-state index contributed by atoms with van der Waals surface area (Å²) in [5.41, 5.74) is 2.38. The van der Waals surface area contributed by atoms with E-state index < -0.39 is 17.7 Å². The molecule has 1 N–H and O–H groups in total. The zero-order valence-corrected chi connectivity index (χ0v) is 16.8. The maximum atomic E-state index is 12.9. The molecule has 3 rings (SSSR count). The highest BCUT2D eigenvalue weighted by Crippen LogP contribution is 2.40. The molecule has 0 radical (unpaired) electrons. The van der Waals surface area contributed by atoms with Crippen molar-refractivity contribution in [2.45, 2.75) is 19.4 Å². The summed E-state index contributed by atoms with van der Waals surface area (Å²) in [5, 5.41) is 11.0. The fourth-order valence-electron chi connectivity index (χ4n) is 3.51. The van der Waals surface area contributed by atoms with E-state index in [-0.39, 0.29) is 24.5 Å². The number of amides is 1. The van der Waals surface area contributed by atoms with Crippen LogP contribution in [0.5, 0.6) is 5.75 Å². The summed E-state index contributed by atoms with van der Waals surface area (Å²) in [4.78, 5) is 27.1. The number of hydrogen-bond donors (Lipinski definition) is 1. The minimum absolute atomic E-state index is 0.0728. The number of carbonyl (C=O) groups excluding carboxylic acids is 2. The summed E-state index contributed by atoms with van der Waals surface area (Å²) in [6.45, 7) is 2.55. The zero-order chi connectivity index (χ0) is 21.0. The van der Waals surface area contributed by atoms with Gasteiger partial charge in [-0.1, -0.05) is 43.3 Å². The van der Waals surface area contributed by atoms with Crippen LogP contribution in [0.4, 0.5) is 0 Å². The van der Waals surface area contributed by atoms with Gasteiger partial charge in [0.1, 0.15) is 11.5 Å². The van der Waals surface area contributed by atoms with Gasteiger partial charge in [0, 0.05) is 19.2 Å². The maximum absolute atomic E-state index is 12.9. The number of benzene rings is 2. The van der Waals surface area contributed by atoms with Gasteiger partial charge in [-0.15, -0.1) is 0 Å². The van der Waals surface area contributed by atoms with Crippen molar-refractivity contribution < 1.29 is 24.2 Å². The van der Waals surface area contributed by atoms with Gasteiger partial charge in [0.2, 0.25) is 0 Å². The molecule has 0 aromatic heterocycles. The van der Waals surface area contributed by atoms with Crippen LogP contribution in [-0.4, -0.2) is 49.1 Å². The molecule has 1 aliphatic heterocycles. The van der Waals surface area contributed by atoms with E-state index in [1.165, 1.54) is 12.0 Å². The summed E-state index contributed by atoms with van der Waals surface area (Å²) in [6.07, 6.45) is 0.867. The predicted octanol–water partition coefficient (Wildman–Crippen LogP) is 3.33. The van der Waals surface area contributed by atoms with Gasteiger partial charge in [-0.3, -0.25) is 9.59 Å². The third-order valence-electron chi connectivity index (χ3n) is 5.12. The highest BCUT2D eigenvalue weighted by Gasteiger charge is 2.45. The van der Waals surface area contributed by atoms with Crippen molar-refractivity contribution in [3.05, 3.63) is 70.8 Å². The summed E-state index contributed by atoms with van der Waals surface area (Å²) in [6, 6.07) is 13.8. The molecular weight excluding hydrogens is 370 g/mol. The molecule has 0 saturated carbocycles. The van der Waals surface area contributed by atoms with Crippen LogP contribution in [0.25, 0.3) is 5.76 Å². The van der Waals surface area contributed by atoms with E-state index in [1.54, 1.807) is 37.4 Å². The highest BCUT2D eigenvalue weighted by molar-refractivity contribution is 6.46. The molecule has 29 heavy (non-hydrogen) atoms. The third-order valence-corrected chi connectivity index (χ3v) is 5.12. The Balaban J connectivity index is 2.14. The molecule has 0 aliphatic carbocycles. The molecule has 1 heterocycles. The second-order valence-corrected chi connectivity index (χ2v) is 6.81. The van der Waals surface area contributed by atoms with Crippen LogP contribution in [0.3, 0.4) is 0 Å². The molecule has 6 heteroatoms. The first-order chi connectivity index (χ1) is 14.0. The number of likely N-dealkylation sites (tertiary alicyclic amines) is 1. The van der Waals surface area contributed by atoms with Crippen LogP contribution < -0.4 is 4.74 Å². The van der Waals surface area contributed by atoms with Crippen molar-refractivity contribution in [3.63, 3.8) is 0 Å². The lowest BCUT2D eigenvalue weighted by molar-refractivity contribution is -0.140. The van der Waals surface area contributed by atoms with E-state index >= 15 is 0 Å². The Morgan fingerprint density at radius 3 is 2.45 bits per heavy atom. The van der Waals surface area contributed by atoms with Crippen molar-refractivity contribution >= 4 is 17.4 Å². The molecule has 1 unspecified atom stereocenters. The topological polar surface area (TPSA) is 76.1 Å². The molecule has 2 aromatic carbocycles. The first kappa shape index (κ1) is 20.6. The number of aliphatic hydroxyl groups is 1. The van der Waals surface area contributed by atoms with Crippen LogP contribution in [0, 0.1) is 0 Å². The number of ether oxygens (including phenoxy) is 2. The van der Waals surface area contributed by atoms with Gasteiger partial charge in [0.05, 0.1) is 25.3 Å². The number of nitrogens with zero attached hydrogens (tertiary/aromatic N) is 1. The Morgan fingerprint density at radius 2 is 1.83 bits per heavy atom. The lowest BCUT2D eigenvalue weighted by atomic mass is 9.94. The maximum Gasteiger partial charge on any atom is 0.295 e. The second-order valence-electron chi connectivity index (χ2n) is 6.81. The lowest BCUT2D eigenvalue weighted by Gasteiger charge is -2.25. The van der Waals surface area contributed by atoms with Gasteiger partial charge in [-0.05, 0) is 29.7 Å². The monoisotopic (exact) mass is 395 g/mol. The van der Waals surface area contributed by atoms with Gasteiger partial charge in [0.25, 0.3) is 11.7 Å². The minimum atomic E-state index is -0.717. The van der Waals surface area contributed by atoms with Crippen molar-refractivity contribution in [2.75, 3.05) is 27.4 Å². The van der Waals surface area contributed by atoms with Crippen LogP contribution >= 0.6 is 0 Å². The van der Waals surface area contributed by atoms with Crippen LogP contribution in [0.15, 0.2) is 54.1 Å². The number of aryl methyl sites for hydroxylation is 1. The summed E-state index contributed by atoms with van der Waals surface area (Å²) >= 11 is 0. The molecule has 6 nitrogen and oxygen atoms in total. The van der Waals surface area contributed by atoms with Crippen molar-refractivity contribution in [1.82, 2.24) is 4.90 Å². The molecule has 152 valence electrons. The van der Waals surface area contributed by atoms with Gasteiger partial charge >= 0.3 is 0 Å². The van der Waals surface area contributed by atoms with Gasteiger partial charge in [-0.2, -0.15) is 0 Å². The van der Waals surface area contributed by atoms with Crippen LogP contribution in [-0.2, 0) is 20.7 Å². The van der Waals surface area contributed by atoms with Crippen LogP contribution in [0.1, 0.15) is 29.7 Å². The Bertz CT molecular complexity index is 933. The predicted molar refractivity (Wildman–Crippen MR) is 110 cm³/mol. The Hall–Kier alpha value is -3.12. The number of rotatable bonds is 7. The quantitative estimate of drug-likeness (QED) is 0.442. The molecule has 0 spiro atoms. The fraction of sp³-hybridized carbons (Fsp3) is 0.304. The highest BCUT2D eigenvalue weighted by atomic mass is 16.5. The zero-order valence-electron chi connectivity index (χ0n) is 16.8. The molecule has 1 atom stereocenters. The summed E-state index contributed by atoms with van der Waals surface area (Å²) in [5.74, 6) is -0.932. The van der Waals surface area contributed by atoms with Crippen LogP contribution in [0.2, 0.25) is 0 Å². The summed E-state index contributed by atoms with van der Waals surface area (Å²) in [7, 11) is 3.09. The molecule has 1 saturated heterocycles. The first-order valence-electron chi connectivity index (χ1n) is 9.52. The number of Topliss-reactive ketones (excluding diaryl/α,β-unsaturated/α-hetero) is 1. The number of hydrogen-bond acceptors (Lipinski definition) is 5.